The number of nitrogens with zero attached hydrogens (tertiary/aromatic N) is 1. The molecule has 0 aliphatic carbocycles. The van der Waals surface area contributed by atoms with Gasteiger partial charge in [0.1, 0.15) is 6.04 Å². The first-order chi connectivity index (χ1) is 9.72. The summed E-state index contributed by atoms with van der Waals surface area (Å²) in [5.74, 6) is -2.99. The van der Waals surface area contributed by atoms with Crippen LogP contribution in [0.1, 0.15) is 23.4 Å². The zero-order valence-corrected chi connectivity index (χ0v) is 11.7. The fourth-order valence-corrected chi connectivity index (χ4v) is 3.01. The Hall–Kier alpha value is -2.20. The summed E-state index contributed by atoms with van der Waals surface area (Å²) < 4.78 is 30.8. The van der Waals surface area contributed by atoms with E-state index in [9.17, 15) is 22.8 Å². The Morgan fingerprint density at radius 3 is 2.67 bits per heavy atom. The van der Waals surface area contributed by atoms with Crippen molar-refractivity contribution in [2.45, 2.75) is 24.0 Å². The number of hydrogen-bond donors (Lipinski definition) is 2. The molecule has 9 nitrogen and oxygen atoms in total. The van der Waals surface area contributed by atoms with Crippen molar-refractivity contribution in [2.24, 2.45) is 0 Å². The summed E-state index contributed by atoms with van der Waals surface area (Å²) >= 11 is 0. The Morgan fingerprint density at radius 2 is 2.10 bits per heavy atom. The van der Waals surface area contributed by atoms with Crippen LogP contribution >= 0.6 is 0 Å². The molecule has 0 spiro atoms. The molecular formula is C11H12N2O7S. The van der Waals surface area contributed by atoms with E-state index in [0.29, 0.717) is 0 Å². The van der Waals surface area contributed by atoms with Crippen molar-refractivity contribution in [2.75, 3.05) is 7.05 Å². The van der Waals surface area contributed by atoms with Gasteiger partial charge in [0.25, 0.3) is 10.0 Å². The summed E-state index contributed by atoms with van der Waals surface area (Å²) in [6.45, 7) is 0. The molecule has 2 rings (SSSR count). The molecule has 1 aliphatic rings. The lowest BCUT2D eigenvalue weighted by atomic mass is 10.1. The van der Waals surface area contributed by atoms with Crippen LogP contribution in [0.2, 0.25) is 0 Å². The van der Waals surface area contributed by atoms with Crippen molar-refractivity contribution in [1.29, 1.82) is 0 Å². The molecule has 114 valence electrons. The fraction of sp³-hybridized carbons (Fsp3) is 0.364. The molecule has 10 heteroatoms. The van der Waals surface area contributed by atoms with Crippen LogP contribution in [0.25, 0.3) is 0 Å². The third-order valence-electron chi connectivity index (χ3n) is 3.00. The van der Waals surface area contributed by atoms with Crippen LogP contribution < -0.4 is 4.72 Å². The molecule has 1 aliphatic heterocycles. The first-order valence-corrected chi connectivity index (χ1v) is 7.36. The normalized spacial score (nSPS) is 19.9. The van der Waals surface area contributed by atoms with Crippen LogP contribution in [-0.2, 0) is 19.6 Å². The molecule has 1 saturated heterocycles. The molecule has 1 aromatic heterocycles. The number of amides is 2. The topological polar surface area (TPSA) is 134 Å². The molecule has 2 amide bonds. The first-order valence-electron chi connectivity index (χ1n) is 5.88. The monoisotopic (exact) mass is 316 g/mol. The predicted molar refractivity (Wildman–Crippen MR) is 66.8 cm³/mol. The van der Waals surface area contributed by atoms with E-state index >= 15 is 0 Å². The van der Waals surface area contributed by atoms with Crippen LogP contribution in [0, 0.1) is 0 Å². The maximum atomic E-state index is 12.0. The predicted octanol–water partition coefficient (Wildman–Crippen LogP) is -0.596. The average Bonchev–Trinajstić information content (AvgIpc) is 2.90. The highest BCUT2D eigenvalue weighted by molar-refractivity contribution is 7.89. The Bertz CT molecular complexity index is 706. The van der Waals surface area contributed by atoms with Crippen molar-refractivity contribution in [3.05, 3.63) is 17.9 Å². The standard InChI is InChI=1S/C11H12N2O7S/c1-13-8(14)4-2-6(10(13)15)12-21(18,19)9-5-3-7(20-9)11(16)17/h3,5-6,12H,2,4H2,1H3,(H,16,17). The second-order valence-corrected chi connectivity index (χ2v) is 6.07. The number of likely N-dealkylation sites (tertiary alicyclic amines) is 1. The van der Waals surface area contributed by atoms with Gasteiger partial charge >= 0.3 is 5.97 Å². The van der Waals surface area contributed by atoms with Gasteiger partial charge in [0, 0.05) is 13.5 Å². The first kappa shape index (κ1) is 15.2. The van der Waals surface area contributed by atoms with Crippen LogP contribution in [0.15, 0.2) is 21.6 Å². The lowest BCUT2D eigenvalue weighted by Crippen LogP contribution is -2.52. The maximum absolute atomic E-state index is 12.0. The van der Waals surface area contributed by atoms with Gasteiger partial charge in [-0.3, -0.25) is 14.5 Å². The molecule has 1 fully saturated rings. The van der Waals surface area contributed by atoms with Crippen LogP contribution in [-0.4, -0.2) is 49.3 Å². The third kappa shape index (κ3) is 2.95. The number of aromatic carboxylic acids is 1. The maximum Gasteiger partial charge on any atom is 0.371 e. The number of carboxylic acid groups (broad SMARTS) is 1. The van der Waals surface area contributed by atoms with Gasteiger partial charge in [0.05, 0.1) is 0 Å². The number of carbonyl (C=O) groups is 3. The van der Waals surface area contributed by atoms with E-state index in [1.807, 2.05) is 0 Å². The number of carboxylic acids is 1. The highest BCUT2D eigenvalue weighted by Crippen LogP contribution is 2.17. The molecule has 2 N–H and O–H groups in total. The summed E-state index contributed by atoms with van der Waals surface area (Å²) in [7, 11) is -2.92. The fourth-order valence-electron chi connectivity index (χ4n) is 1.85. The van der Waals surface area contributed by atoms with E-state index in [1.54, 1.807) is 0 Å². The number of likely N-dealkylation sites (N-methyl/N-ethyl adjacent to an activating group) is 1. The van der Waals surface area contributed by atoms with Crippen LogP contribution in [0.3, 0.4) is 0 Å². The molecule has 1 unspecified atom stereocenters. The smallest absolute Gasteiger partial charge is 0.371 e. The van der Waals surface area contributed by atoms with Crippen molar-refractivity contribution < 1.29 is 32.3 Å². The molecular weight excluding hydrogens is 304 g/mol. The summed E-state index contributed by atoms with van der Waals surface area (Å²) in [6, 6.07) is 0.888. The van der Waals surface area contributed by atoms with E-state index < -0.39 is 38.8 Å². The number of imide groups is 1. The molecule has 0 radical (unpaired) electrons. The van der Waals surface area contributed by atoms with Crippen LogP contribution in [0.5, 0.6) is 0 Å². The summed E-state index contributed by atoms with van der Waals surface area (Å²) in [6.07, 6.45) is 0.0711. The summed E-state index contributed by atoms with van der Waals surface area (Å²) in [4.78, 5) is 34.6. The lowest BCUT2D eigenvalue weighted by molar-refractivity contribution is -0.147. The quantitative estimate of drug-likeness (QED) is 0.708. The SMILES string of the molecule is CN1C(=O)CCC(NS(=O)(=O)c2ccc(C(=O)O)o2)C1=O. The van der Waals surface area contributed by atoms with Crippen molar-refractivity contribution in [3.8, 4) is 0 Å². The minimum atomic E-state index is -4.19. The average molecular weight is 316 g/mol. The number of hydrogen-bond acceptors (Lipinski definition) is 6. The lowest BCUT2D eigenvalue weighted by Gasteiger charge is -2.27. The second kappa shape index (κ2) is 5.30. The van der Waals surface area contributed by atoms with Gasteiger partial charge in [-0.25, -0.2) is 13.2 Å². The van der Waals surface area contributed by atoms with E-state index in [1.165, 1.54) is 7.05 Å². The number of carbonyl (C=O) groups excluding carboxylic acids is 2. The number of piperidine rings is 1. The van der Waals surface area contributed by atoms with Gasteiger partial charge in [-0.1, -0.05) is 0 Å². The van der Waals surface area contributed by atoms with E-state index in [2.05, 4.69) is 4.72 Å². The van der Waals surface area contributed by atoms with Gasteiger partial charge in [0.15, 0.2) is 0 Å². The van der Waals surface area contributed by atoms with Gasteiger partial charge in [-0.15, -0.1) is 0 Å². The Labute approximate surface area is 119 Å². The number of furan rings is 1. The van der Waals surface area contributed by atoms with Gasteiger partial charge in [-0.2, -0.15) is 4.72 Å². The van der Waals surface area contributed by atoms with Crippen molar-refractivity contribution in [3.63, 3.8) is 0 Å². The van der Waals surface area contributed by atoms with Gasteiger partial charge < -0.3 is 9.52 Å². The van der Waals surface area contributed by atoms with Crippen LogP contribution in [0.4, 0.5) is 0 Å². The molecule has 2 heterocycles. The molecule has 1 aromatic rings. The highest BCUT2D eigenvalue weighted by Gasteiger charge is 2.35. The zero-order valence-electron chi connectivity index (χ0n) is 10.9. The van der Waals surface area contributed by atoms with E-state index in [4.69, 9.17) is 9.52 Å². The van der Waals surface area contributed by atoms with E-state index in [0.717, 1.165) is 17.0 Å². The molecule has 1 atom stereocenters. The second-order valence-electron chi connectivity index (χ2n) is 4.43. The molecule has 0 aromatic carbocycles. The number of nitrogens with one attached hydrogen (secondary N) is 1. The Morgan fingerprint density at radius 1 is 1.43 bits per heavy atom. The highest BCUT2D eigenvalue weighted by atomic mass is 32.2. The number of rotatable bonds is 4. The number of sulfonamides is 1. The minimum Gasteiger partial charge on any atom is -0.475 e. The molecule has 0 saturated carbocycles. The van der Waals surface area contributed by atoms with E-state index in [-0.39, 0.29) is 18.7 Å². The largest absolute Gasteiger partial charge is 0.475 e. The van der Waals surface area contributed by atoms with Crippen molar-refractivity contribution >= 4 is 27.8 Å². The third-order valence-corrected chi connectivity index (χ3v) is 4.35. The summed E-state index contributed by atoms with van der Waals surface area (Å²) in [5, 5.41) is 8.08. The Kier molecular flexibility index (Phi) is 3.83. The minimum absolute atomic E-state index is 0.0354. The molecule has 0 bridgehead atoms. The summed E-state index contributed by atoms with van der Waals surface area (Å²) in [5.41, 5.74) is 0. The van der Waals surface area contributed by atoms with Gasteiger partial charge in [-0.05, 0) is 18.6 Å². The zero-order chi connectivity index (χ0) is 15.8. The van der Waals surface area contributed by atoms with Crippen molar-refractivity contribution in [1.82, 2.24) is 9.62 Å². The Balaban J connectivity index is 2.19. The molecule has 21 heavy (non-hydrogen) atoms. The van der Waals surface area contributed by atoms with Gasteiger partial charge in [0.2, 0.25) is 22.7 Å².